The quantitative estimate of drug-likeness (QED) is 0.170. The average Bonchev–Trinajstić information content (AvgIpc) is 2.50. The second-order valence-electron chi connectivity index (χ2n) is 9.22. The van der Waals surface area contributed by atoms with E-state index in [1.165, 1.54) is 0 Å². The Labute approximate surface area is 174 Å². The molecular formula is C18H39IO3P2Si. The summed E-state index contributed by atoms with van der Waals surface area (Å²) in [5, 5.41) is 0.221. The Kier molecular flexibility index (Phi) is 9.83. The summed E-state index contributed by atoms with van der Waals surface area (Å²) >= 11 is 2.50. The molecule has 0 aliphatic carbocycles. The van der Waals surface area contributed by atoms with E-state index < -0.39 is 8.32 Å². The van der Waals surface area contributed by atoms with E-state index in [9.17, 15) is 0 Å². The maximum Gasteiger partial charge on any atom is 0.192 e. The van der Waals surface area contributed by atoms with E-state index in [1.54, 1.807) is 0 Å². The van der Waals surface area contributed by atoms with Crippen LogP contribution in [0.5, 0.6) is 0 Å². The largest absolute Gasteiger partial charge is 0.413 e. The van der Waals surface area contributed by atoms with Crippen LogP contribution < -0.4 is 0 Å². The highest BCUT2D eigenvalue weighted by Crippen LogP contribution is 2.50. The molecule has 8 atom stereocenters. The van der Waals surface area contributed by atoms with Gasteiger partial charge in [0.05, 0.1) is 18.8 Å². The molecule has 0 aromatic carbocycles. The van der Waals surface area contributed by atoms with Crippen molar-refractivity contribution in [3.05, 3.63) is 0 Å². The lowest BCUT2D eigenvalue weighted by molar-refractivity contribution is -0.213. The van der Waals surface area contributed by atoms with Gasteiger partial charge in [-0.1, -0.05) is 64.1 Å². The van der Waals surface area contributed by atoms with Gasteiger partial charge in [0.25, 0.3) is 0 Å². The summed E-state index contributed by atoms with van der Waals surface area (Å²) in [6.07, 6.45) is 0.431. The van der Waals surface area contributed by atoms with E-state index in [0.717, 1.165) is 11.0 Å². The first kappa shape index (κ1) is 24.7. The van der Waals surface area contributed by atoms with Crippen LogP contribution in [0.15, 0.2) is 0 Å². The summed E-state index contributed by atoms with van der Waals surface area (Å²) in [7, 11) is 0.715. The van der Waals surface area contributed by atoms with Crippen LogP contribution in [-0.2, 0) is 13.9 Å². The average molecular weight is 520 g/mol. The van der Waals surface area contributed by atoms with Crippen LogP contribution >= 0.6 is 39.1 Å². The zero-order valence-corrected chi connectivity index (χ0v) is 22.7. The van der Waals surface area contributed by atoms with Crippen LogP contribution in [0.3, 0.4) is 0 Å². The Morgan fingerprint density at radius 3 is 2.32 bits per heavy atom. The molecule has 0 spiro atoms. The Bertz CT molecular complexity index is 418. The second-order valence-corrected chi connectivity index (χ2v) is 19.1. The standard InChI is InChI=1S/C18H39IO3P2Si/c1-12(10-19)16(22-25(8,9)18(4,5)6)14(3)15-13(2)11-20-17(21-15)24(7)23/h12-17H,10-11,23H2,1-9H3/t12-,13-,14+,15-,16+,17?,24?/m0/s1. The van der Waals surface area contributed by atoms with Gasteiger partial charge in [0, 0.05) is 16.3 Å². The smallest absolute Gasteiger partial charge is 0.192 e. The van der Waals surface area contributed by atoms with Gasteiger partial charge < -0.3 is 13.9 Å². The molecule has 1 aliphatic heterocycles. The molecule has 3 unspecified atom stereocenters. The molecule has 25 heavy (non-hydrogen) atoms. The Balaban J connectivity index is 3.01. The first-order valence-corrected chi connectivity index (χ1v) is 17.2. The van der Waals surface area contributed by atoms with Crippen molar-refractivity contribution in [2.24, 2.45) is 17.8 Å². The van der Waals surface area contributed by atoms with Gasteiger partial charge in [0.15, 0.2) is 14.3 Å². The molecule has 0 aromatic rings. The topological polar surface area (TPSA) is 27.7 Å². The van der Waals surface area contributed by atoms with Crippen molar-refractivity contribution in [3.63, 3.8) is 0 Å². The van der Waals surface area contributed by atoms with Crippen LogP contribution in [0.4, 0.5) is 0 Å². The van der Waals surface area contributed by atoms with E-state index >= 15 is 0 Å². The summed E-state index contributed by atoms with van der Waals surface area (Å²) < 4.78 is 20.4. The van der Waals surface area contributed by atoms with Crippen LogP contribution in [0, 0.1) is 17.8 Å². The zero-order valence-electron chi connectivity index (χ0n) is 17.5. The molecule has 1 heterocycles. The van der Waals surface area contributed by atoms with Crippen LogP contribution in [0.25, 0.3) is 0 Å². The minimum atomic E-state index is -1.82. The Morgan fingerprint density at radius 1 is 1.32 bits per heavy atom. The van der Waals surface area contributed by atoms with Crippen molar-refractivity contribution < 1.29 is 13.9 Å². The second kappa shape index (κ2) is 9.94. The molecule has 0 amide bonds. The van der Waals surface area contributed by atoms with Crippen molar-refractivity contribution >= 4 is 47.4 Å². The van der Waals surface area contributed by atoms with Crippen molar-refractivity contribution in [3.8, 4) is 0 Å². The van der Waals surface area contributed by atoms with Gasteiger partial charge in [-0.3, -0.25) is 0 Å². The molecule has 1 rings (SSSR count). The van der Waals surface area contributed by atoms with Crippen LogP contribution in [0.2, 0.25) is 18.1 Å². The van der Waals surface area contributed by atoms with Gasteiger partial charge in [0.2, 0.25) is 0 Å². The summed E-state index contributed by atoms with van der Waals surface area (Å²) in [6.45, 7) is 21.5. The fourth-order valence-corrected chi connectivity index (χ4v) is 6.13. The molecule has 1 fully saturated rings. The lowest BCUT2D eigenvalue weighted by atomic mass is 9.84. The fourth-order valence-electron chi connectivity index (χ4n) is 3.03. The van der Waals surface area contributed by atoms with Gasteiger partial charge in [-0.05, 0) is 38.3 Å². The molecule has 0 saturated carbocycles. The Hall–Kier alpha value is 1.69. The molecule has 1 saturated heterocycles. The number of rotatable bonds is 7. The molecule has 3 nitrogen and oxygen atoms in total. The Morgan fingerprint density at radius 2 is 1.88 bits per heavy atom. The highest BCUT2D eigenvalue weighted by molar-refractivity contribution is 14.1. The van der Waals surface area contributed by atoms with E-state index in [0.29, 0.717) is 17.8 Å². The van der Waals surface area contributed by atoms with Gasteiger partial charge in [-0.2, -0.15) is 0 Å². The predicted octanol–water partition coefficient (Wildman–Crippen LogP) is 6.32. The van der Waals surface area contributed by atoms with Crippen LogP contribution in [0.1, 0.15) is 41.5 Å². The van der Waals surface area contributed by atoms with Crippen LogP contribution in [-0.4, -0.2) is 44.3 Å². The monoisotopic (exact) mass is 520 g/mol. The van der Waals surface area contributed by atoms with Crippen molar-refractivity contribution in [2.75, 3.05) is 17.7 Å². The maximum atomic E-state index is 6.93. The minimum Gasteiger partial charge on any atom is -0.413 e. The number of hydrogen-bond acceptors (Lipinski definition) is 3. The molecule has 0 bridgehead atoms. The molecule has 1 aliphatic rings. The first-order chi connectivity index (χ1) is 11.3. The number of halogens is 1. The van der Waals surface area contributed by atoms with E-state index in [-0.39, 0.29) is 30.9 Å². The molecule has 0 N–H and O–H groups in total. The third-order valence-electron chi connectivity index (χ3n) is 5.75. The number of hydrogen-bond donors (Lipinski definition) is 0. The lowest BCUT2D eigenvalue weighted by Gasteiger charge is -2.47. The number of alkyl halides is 1. The normalized spacial score (nSPS) is 30.6. The van der Waals surface area contributed by atoms with Crippen molar-refractivity contribution in [2.45, 2.75) is 77.9 Å². The molecule has 150 valence electrons. The highest BCUT2D eigenvalue weighted by atomic mass is 127. The third kappa shape index (κ3) is 6.61. The van der Waals surface area contributed by atoms with Gasteiger partial charge >= 0.3 is 0 Å². The highest BCUT2D eigenvalue weighted by Gasteiger charge is 2.44. The molecule has 0 radical (unpaired) electrons. The SMILES string of the molecule is C[C@H]([C@H]1OC(P(C)P)OC[C@@H]1C)[C@H](O[Si](C)(C)C(C)(C)C)[C@@H](C)CI. The van der Waals surface area contributed by atoms with E-state index in [4.69, 9.17) is 13.9 Å². The zero-order chi connectivity index (χ0) is 19.6. The molecule has 0 aromatic heterocycles. The predicted molar refractivity (Wildman–Crippen MR) is 126 cm³/mol. The molecule has 7 heteroatoms. The minimum absolute atomic E-state index is 0.0629. The van der Waals surface area contributed by atoms with Crippen molar-refractivity contribution in [1.82, 2.24) is 0 Å². The van der Waals surface area contributed by atoms with Gasteiger partial charge in [-0.15, -0.1) is 8.93 Å². The van der Waals surface area contributed by atoms with Gasteiger partial charge in [0.1, 0.15) is 0 Å². The van der Waals surface area contributed by atoms with Crippen molar-refractivity contribution in [1.29, 1.82) is 0 Å². The lowest BCUT2D eigenvalue weighted by Crippen LogP contribution is -2.52. The van der Waals surface area contributed by atoms with E-state index in [2.05, 4.69) is 92.8 Å². The third-order valence-corrected chi connectivity index (χ3v) is 13.3. The fraction of sp³-hybridized carbons (Fsp3) is 1.00. The number of ether oxygens (including phenoxy) is 2. The summed E-state index contributed by atoms with van der Waals surface area (Å²) in [6, 6.07) is -0.0629. The van der Waals surface area contributed by atoms with Gasteiger partial charge in [-0.25, -0.2) is 0 Å². The maximum absolute atomic E-state index is 6.93. The summed E-state index contributed by atoms with van der Waals surface area (Å²) in [4.78, 5) is 0. The summed E-state index contributed by atoms with van der Waals surface area (Å²) in [5.74, 6) is 1.28. The molecular weight excluding hydrogens is 481 g/mol. The first-order valence-electron chi connectivity index (χ1n) is 9.30. The summed E-state index contributed by atoms with van der Waals surface area (Å²) in [5.41, 5.74) is 0. The van der Waals surface area contributed by atoms with E-state index in [1.807, 2.05) is 0 Å².